The van der Waals surface area contributed by atoms with E-state index >= 15 is 0 Å². The number of nitro benzene ring substituents is 1. The number of nitro groups is 1. The van der Waals surface area contributed by atoms with Crippen molar-refractivity contribution in [2.45, 2.75) is 32.6 Å². The van der Waals surface area contributed by atoms with Crippen LogP contribution in [0.3, 0.4) is 0 Å². The Morgan fingerprint density at radius 3 is 2.22 bits per heavy atom. The zero-order valence-corrected chi connectivity index (χ0v) is 20.9. The van der Waals surface area contributed by atoms with Crippen molar-refractivity contribution in [1.82, 2.24) is 0 Å². The van der Waals surface area contributed by atoms with Crippen LogP contribution in [0.25, 0.3) is 0 Å². The zero-order chi connectivity index (χ0) is 25.6. The minimum Gasteiger partial charge on any atom is -0.494 e. The van der Waals surface area contributed by atoms with Crippen LogP contribution >= 0.6 is 11.6 Å². The lowest BCUT2D eigenvalue weighted by Gasteiger charge is -2.11. The van der Waals surface area contributed by atoms with Gasteiger partial charge in [-0.3, -0.25) is 15.5 Å². The molecular weight excluding hydrogens is 482 g/mol. The predicted molar refractivity (Wildman–Crippen MR) is 143 cm³/mol. The highest BCUT2D eigenvalue weighted by atomic mass is 35.5. The van der Waals surface area contributed by atoms with Gasteiger partial charge < -0.3 is 14.2 Å². The van der Waals surface area contributed by atoms with Gasteiger partial charge in [-0.1, -0.05) is 37.8 Å². The zero-order valence-electron chi connectivity index (χ0n) is 20.2. The van der Waals surface area contributed by atoms with Gasteiger partial charge in [-0.05, 0) is 61.0 Å². The van der Waals surface area contributed by atoms with Gasteiger partial charge in [-0.25, -0.2) is 0 Å². The van der Waals surface area contributed by atoms with E-state index < -0.39 is 4.92 Å². The van der Waals surface area contributed by atoms with Crippen LogP contribution in [0.4, 0.5) is 11.4 Å². The third kappa shape index (κ3) is 9.11. The lowest BCUT2D eigenvalue weighted by Crippen LogP contribution is -2.10. The molecule has 0 fully saturated rings. The molecule has 0 aliphatic heterocycles. The maximum absolute atomic E-state index is 10.8. The number of nitrogens with zero attached hydrogens (tertiary/aromatic N) is 2. The van der Waals surface area contributed by atoms with E-state index in [0.29, 0.717) is 35.2 Å². The summed E-state index contributed by atoms with van der Waals surface area (Å²) >= 11 is 6.13. The SMILES string of the molecule is CCCCCCOc1ccc(OCCOc2ccc(Cl)cc2/C=N/Nc2ccc([N+](=O)[O-])cc2)cc1. The lowest BCUT2D eigenvalue weighted by molar-refractivity contribution is -0.384. The van der Waals surface area contributed by atoms with Crippen LogP contribution in [0.5, 0.6) is 17.2 Å². The molecule has 0 unspecified atom stereocenters. The van der Waals surface area contributed by atoms with Crippen LogP contribution in [0.2, 0.25) is 5.02 Å². The van der Waals surface area contributed by atoms with Crippen LogP contribution in [0, 0.1) is 10.1 Å². The van der Waals surface area contributed by atoms with Crippen molar-refractivity contribution in [3.8, 4) is 17.2 Å². The summed E-state index contributed by atoms with van der Waals surface area (Å²) in [6.45, 7) is 3.60. The van der Waals surface area contributed by atoms with E-state index in [4.69, 9.17) is 25.8 Å². The largest absolute Gasteiger partial charge is 0.494 e. The second kappa shape index (κ2) is 14.6. The van der Waals surface area contributed by atoms with Gasteiger partial charge in [0.1, 0.15) is 30.5 Å². The molecule has 1 N–H and O–H groups in total. The van der Waals surface area contributed by atoms with Gasteiger partial charge in [0, 0.05) is 22.7 Å². The molecule has 0 aromatic heterocycles. The fourth-order valence-corrected chi connectivity index (χ4v) is 3.43. The number of unbranched alkanes of at least 4 members (excludes halogenated alkanes) is 3. The predicted octanol–water partition coefficient (Wildman–Crippen LogP) is 7.11. The second-order valence-corrected chi connectivity index (χ2v) is 8.37. The van der Waals surface area contributed by atoms with Gasteiger partial charge in [0.2, 0.25) is 0 Å². The molecule has 3 aromatic rings. The number of anilines is 1. The summed E-state index contributed by atoms with van der Waals surface area (Å²) in [4.78, 5) is 10.3. The number of benzene rings is 3. The molecule has 8 nitrogen and oxygen atoms in total. The smallest absolute Gasteiger partial charge is 0.269 e. The highest BCUT2D eigenvalue weighted by molar-refractivity contribution is 6.30. The Bertz CT molecular complexity index is 1120. The third-order valence-corrected chi connectivity index (χ3v) is 5.38. The van der Waals surface area contributed by atoms with Gasteiger partial charge in [-0.15, -0.1) is 0 Å². The molecule has 9 heteroatoms. The van der Waals surface area contributed by atoms with E-state index in [1.165, 1.54) is 31.4 Å². The van der Waals surface area contributed by atoms with Crippen molar-refractivity contribution in [1.29, 1.82) is 0 Å². The van der Waals surface area contributed by atoms with Crippen LogP contribution in [0.15, 0.2) is 71.8 Å². The quantitative estimate of drug-likeness (QED) is 0.101. The Morgan fingerprint density at radius 1 is 0.889 bits per heavy atom. The van der Waals surface area contributed by atoms with E-state index in [1.807, 2.05) is 24.3 Å². The first-order valence-electron chi connectivity index (χ1n) is 11.9. The molecule has 3 aromatic carbocycles. The Labute approximate surface area is 216 Å². The highest BCUT2D eigenvalue weighted by Crippen LogP contribution is 2.22. The molecule has 190 valence electrons. The van der Waals surface area contributed by atoms with Crippen LogP contribution in [0.1, 0.15) is 38.2 Å². The summed E-state index contributed by atoms with van der Waals surface area (Å²) in [6.07, 6.45) is 6.28. The molecule has 0 saturated heterocycles. The fraction of sp³-hybridized carbons (Fsp3) is 0.296. The van der Waals surface area contributed by atoms with Gasteiger partial charge in [-0.2, -0.15) is 5.10 Å². The lowest BCUT2D eigenvalue weighted by atomic mass is 10.2. The number of non-ortho nitro benzene ring substituents is 1. The first-order chi connectivity index (χ1) is 17.5. The maximum Gasteiger partial charge on any atom is 0.269 e. The third-order valence-electron chi connectivity index (χ3n) is 5.15. The minimum absolute atomic E-state index is 0.0133. The number of rotatable bonds is 15. The fourth-order valence-electron chi connectivity index (χ4n) is 3.25. The maximum atomic E-state index is 10.8. The van der Waals surface area contributed by atoms with Crippen LogP contribution < -0.4 is 19.6 Å². The Balaban J connectivity index is 1.45. The molecule has 0 aliphatic rings. The first kappa shape index (κ1) is 26.8. The van der Waals surface area contributed by atoms with E-state index in [9.17, 15) is 10.1 Å². The van der Waals surface area contributed by atoms with E-state index in [1.54, 1.807) is 36.5 Å². The Kier molecular flexibility index (Phi) is 10.9. The average Bonchev–Trinajstić information content (AvgIpc) is 2.88. The van der Waals surface area contributed by atoms with Crippen molar-refractivity contribution in [2.75, 3.05) is 25.2 Å². The number of hydrogen-bond acceptors (Lipinski definition) is 7. The summed E-state index contributed by atoms with van der Waals surface area (Å²) in [5.41, 5.74) is 4.14. The summed E-state index contributed by atoms with van der Waals surface area (Å²) in [6, 6.07) is 18.8. The molecule has 0 spiro atoms. The topological polar surface area (TPSA) is 95.2 Å². The number of hydrazone groups is 1. The molecule has 36 heavy (non-hydrogen) atoms. The Hall–Kier alpha value is -3.78. The monoisotopic (exact) mass is 511 g/mol. The summed E-state index contributed by atoms with van der Waals surface area (Å²) < 4.78 is 17.4. The average molecular weight is 512 g/mol. The number of halogens is 1. The van der Waals surface area contributed by atoms with Crippen molar-refractivity contribution in [3.05, 3.63) is 87.4 Å². The van der Waals surface area contributed by atoms with Crippen LogP contribution in [-0.2, 0) is 0 Å². The molecule has 0 atom stereocenters. The number of ether oxygens (including phenoxy) is 3. The van der Waals surface area contributed by atoms with Gasteiger partial charge in [0.05, 0.1) is 23.4 Å². The molecule has 0 radical (unpaired) electrons. The van der Waals surface area contributed by atoms with Crippen molar-refractivity contribution in [3.63, 3.8) is 0 Å². The number of nitrogens with one attached hydrogen (secondary N) is 1. The first-order valence-corrected chi connectivity index (χ1v) is 12.2. The highest BCUT2D eigenvalue weighted by Gasteiger charge is 2.05. The standard InChI is InChI=1S/C27H30ClN3O5/c1-2-3-4-5-16-34-25-11-13-26(14-12-25)35-17-18-36-27-15-6-22(28)19-21(27)20-29-30-23-7-9-24(10-8-23)31(32)33/h6-15,19-20,30H,2-5,16-18H2,1H3/b29-20+. The van der Waals surface area contributed by atoms with Crippen molar-refractivity contribution in [2.24, 2.45) is 5.10 Å². The molecule has 3 rings (SSSR count). The second-order valence-electron chi connectivity index (χ2n) is 7.93. The van der Waals surface area contributed by atoms with E-state index in [-0.39, 0.29) is 5.69 Å². The van der Waals surface area contributed by atoms with Crippen LogP contribution in [-0.4, -0.2) is 31.0 Å². The molecule has 0 bridgehead atoms. The normalized spacial score (nSPS) is 10.8. The number of hydrogen-bond donors (Lipinski definition) is 1. The molecule has 0 amide bonds. The molecule has 0 aliphatic carbocycles. The van der Waals surface area contributed by atoms with Crippen molar-refractivity contribution >= 4 is 29.2 Å². The minimum atomic E-state index is -0.452. The van der Waals surface area contributed by atoms with E-state index in [2.05, 4.69) is 17.5 Å². The molecular formula is C27H30ClN3O5. The Morgan fingerprint density at radius 2 is 1.56 bits per heavy atom. The summed E-state index contributed by atoms with van der Waals surface area (Å²) in [7, 11) is 0. The summed E-state index contributed by atoms with van der Waals surface area (Å²) in [5, 5.41) is 15.5. The molecule has 0 saturated carbocycles. The van der Waals surface area contributed by atoms with Crippen molar-refractivity contribution < 1.29 is 19.1 Å². The van der Waals surface area contributed by atoms with Gasteiger partial charge in [0.25, 0.3) is 5.69 Å². The van der Waals surface area contributed by atoms with E-state index in [0.717, 1.165) is 24.5 Å². The van der Waals surface area contributed by atoms with Gasteiger partial charge in [0.15, 0.2) is 0 Å². The summed E-state index contributed by atoms with van der Waals surface area (Å²) in [5.74, 6) is 2.17. The van der Waals surface area contributed by atoms with Gasteiger partial charge >= 0.3 is 0 Å². The molecule has 0 heterocycles.